The van der Waals surface area contributed by atoms with Gasteiger partial charge in [0, 0.05) is 13.0 Å². The molecule has 1 rings (SSSR count). The number of hydrogen-bond donors (Lipinski definition) is 1. The highest BCUT2D eigenvalue weighted by Gasteiger charge is 2.35. The molecule has 0 aromatic carbocycles. The molecule has 0 aromatic heterocycles. The fourth-order valence-corrected chi connectivity index (χ4v) is 1.53. The largest absolute Gasteiger partial charge is 0.389 e. The molecule has 0 saturated carbocycles. The summed E-state index contributed by atoms with van der Waals surface area (Å²) in [7, 11) is 0. The Hall–Kier alpha value is -0.320. The molecule has 1 aliphatic heterocycles. The topological polar surface area (TPSA) is 12.0 Å². The van der Waals surface area contributed by atoms with Crippen molar-refractivity contribution in [3.8, 4) is 0 Å². The third kappa shape index (κ3) is 3.93. The molecule has 0 aromatic rings. The molecule has 1 saturated heterocycles. The smallest absolute Gasteiger partial charge is 0.313 e. The van der Waals surface area contributed by atoms with E-state index in [1.807, 2.05) is 0 Å². The van der Waals surface area contributed by atoms with Gasteiger partial charge in [0.25, 0.3) is 0 Å². The molecule has 0 amide bonds. The first kappa shape index (κ1) is 10.8. The molecule has 78 valence electrons. The quantitative estimate of drug-likeness (QED) is 0.688. The molecule has 0 aliphatic carbocycles. The lowest BCUT2D eigenvalue weighted by Gasteiger charge is -2.17. The van der Waals surface area contributed by atoms with E-state index in [0.717, 1.165) is 0 Å². The van der Waals surface area contributed by atoms with Crippen LogP contribution in [-0.4, -0.2) is 24.9 Å². The van der Waals surface area contributed by atoms with Gasteiger partial charge in [-0.15, -0.1) is 0 Å². The van der Waals surface area contributed by atoms with Crippen LogP contribution in [0.4, 0.5) is 17.6 Å². The summed E-state index contributed by atoms with van der Waals surface area (Å²) in [5.74, 6) is 0. The van der Waals surface area contributed by atoms with Crippen molar-refractivity contribution in [2.24, 2.45) is 0 Å². The highest BCUT2D eigenvalue weighted by molar-refractivity contribution is 4.88. The number of halogens is 4. The van der Waals surface area contributed by atoms with Gasteiger partial charge >= 0.3 is 6.18 Å². The van der Waals surface area contributed by atoms with E-state index in [2.05, 4.69) is 5.32 Å². The second-order valence-corrected chi connectivity index (χ2v) is 3.55. The van der Waals surface area contributed by atoms with Gasteiger partial charge in [-0.1, -0.05) is 0 Å². The lowest BCUT2D eigenvalue weighted by atomic mass is 9.98. The summed E-state index contributed by atoms with van der Waals surface area (Å²) in [4.78, 5) is 0. The van der Waals surface area contributed by atoms with Gasteiger partial charge in [-0.3, -0.25) is 0 Å². The summed E-state index contributed by atoms with van der Waals surface area (Å²) < 4.78 is 48.6. The van der Waals surface area contributed by atoms with Gasteiger partial charge < -0.3 is 5.32 Å². The zero-order chi connectivity index (χ0) is 9.95. The molecular formula is C8H13F4N. The number of nitrogens with one attached hydrogen (secondary N) is 1. The summed E-state index contributed by atoms with van der Waals surface area (Å²) in [6, 6.07) is 0. The Bertz CT molecular complexity index is 160. The minimum absolute atomic E-state index is 0.0134. The average molecular weight is 199 g/mol. The Balaban J connectivity index is 2.18. The van der Waals surface area contributed by atoms with Crippen molar-refractivity contribution < 1.29 is 17.6 Å². The van der Waals surface area contributed by atoms with Crippen LogP contribution >= 0.6 is 0 Å². The molecule has 1 heterocycles. The summed E-state index contributed by atoms with van der Waals surface area (Å²) >= 11 is 0. The van der Waals surface area contributed by atoms with E-state index in [1.165, 1.54) is 0 Å². The Morgan fingerprint density at radius 2 is 2.00 bits per heavy atom. The van der Waals surface area contributed by atoms with Crippen molar-refractivity contribution in [2.45, 2.75) is 37.5 Å². The lowest BCUT2D eigenvalue weighted by molar-refractivity contribution is -0.136. The molecule has 1 atom stereocenters. The van der Waals surface area contributed by atoms with Gasteiger partial charge in [0.1, 0.15) is 5.67 Å². The van der Waals surface area contributed by atoms with Crippen LogP contribution in [0, 0.1) is 0 Å². The monoisotopic (exact) mass is 199 g/mol. The second-order valence-electron chi connectivity index (χ2n) is 3.55. The van der Waals surface area contributed by atoms with Gasteiger partial charge in [0.15, 0.2) is 0 Å². The molecule has 1 fully saturated rings. The standard InChI is InChI=1S/C8H13F4N/c9-7(4-5-13-6-7)2-1-3-8(10,11)12/h13H,1-6H2. The molecule has 5 heteroatoms. The van der Waals surface area contributed by atoms with Gasteiger partial charge in [0.2, 0.25) is 0 Å². The highest BCUT2D eigenvalue weighted by Crippen LogP contribution is 2.29. The molecule has 1 N–H and O–H groups in total. The third-order valence-corrected chi connectivity index (χ3v) is 2.28. The molecule has 0 radical (unpaired) electrons. The van der Waals surface area contributed by atoms with Crippen LogP contribution in [0.25, 0.3) is 0 Å². The fraction of sp³-hybridized carbons (Fsp3) is 1.00. The Kier molecular flexibility index (Phi) is 3.16. The van der Waals surface area contributed by atoms with Crippen molar-refractivity contribution in [1.82, 2.24) is 5.32 Å². The molecule has 1 nitrogen and oxygen atoms in total. The van der Waals surface area contributed by atoms with E-state index in [9.17, 15) is 17.6 Å². The molecule has 13 heavy (non-hydrogen) atoms. The predicted octanol–water partition coefficient (Wildman–Crippen LogP) is 2.42. The molecule has 1 unspecified atom stereocenters. The van der Waals surface area contributed by atoms with Crippen LogP contribution in [0.2, 0.25) is 0 Å². The van der Waals surface area contributed by atoms with E-state index in [4.69, 9.17) is 0 Å². The van der Waals surface area contributed by atoms with Crippen molar-refractivity contribution >= 4 is 0 Å². The summed E-state index contributed by atoms with van der Waals surface area (Å²) in [5, 5.41) is 2.80. The van der Waals surface area contributed by atoms with E-state index >= 15 is 0 Å². The normalized spacial score (nSPS) is 29.5. The molecule has 1 aliphatic rings. The van der Waals surface area contributed by atoms with Gasteiger partial charge in [-0.25, -0.2) is 4.39 Å². The first-order valence-electron chi connectivity index (χ1n) is 4.38. The molecule has 0 spiro atoms. The first-order valence-corrected chi connectivity index (χ1v) is 4.38. The maximum Gasteiger partial charge on any atom is 0.389 e. The average Bonchev–Trinajstić information content (AvgIpc) is 2.33. The van der Waals surface area contributed by atoms with Crippen molar-refractivity contribution in [3.05, 3.63) is 0 Å². The predicted molar refractivity (Wildman–Crippen MR) is 41.2 cm³/mol. The van der Waals surface area contributed by atoms with Crippen LogP contribution in [0.3, 0.4) is 0 Å². The second kappa shape index (κ2) is 3.82. The van der Waals surface area contributed by atoms with Crippen LogP contribution < -0.4 is 5.32 Å². The Morgan fingerprint density at radius 3 is 2.46 bits per heavy atom. The Labute approximate surface area is 74.5 Å². The van der Waals surface area contributed by atoms with E-state index in [-0.39, 0.29) is 19.4 Å². The Morgan fingerprint density at radius 1 is 1.31 bits per heavy atom. The van der Waals surface area contributed by atoms with Crippen LogP contribution in [0.15, 0.2) is 0 Å². The van der Waals surface area contributed by atoms with Gasteiger partial charge in [-0.05, 0) is 25.8 Å². The zero-order valence-electron chi connectivity index (χ0n) is 7.25. The fourth-order valence-electron chi connectivity index (χ4n) is 1.53. The lowest BCUT2D eigenvalue weighted by Crippen LogP contribution is -2.26. The summed E-state index contributed by atoms with van der Waals surface area (Å²) in [6.45, 7) is 0.771. The van der Waals surface area contributed by atoms with Crippen molar-refractivity contribution in [1.29, 1.82) is 0 Å². The van der Waals surface area contributed by atoms with Gasteiger partial charge in [-0.2, -0.15) is 13.2 Å². The van der Waals surface area contributed by atoms with E-state index < -0.39 is 18.3 Å². The number of hydrogen-bond acceptors (Lipinski definition) is 1. The van der Waals surface area contributed by atoms with Crippen molar-refractivity contribution in [2.75, 3.05) is 13.1 Å². The molecule has 0 bridgehead atoms. The first-order chi connectivity index (χ1) is 5.91. The maximum atomic E-state index is 13.5. The SMILES string of the molecule is FC(F)(F)CCCC1(F)CCNC1. The minimum atomic E-state index is -4.15. The third-order valence-electron chi connectivity index (χ3n) is 2.28. The van der Waals surface area contributed by atoms with Crippen molar-refractivity contribution in [3.63, 3.8) is 0 Å². The van der Waals surface area contributed by atoms with Crippen LogP contribution in [-0.2, 0) is 0 Å². The maximum absolute atomic E-state index is 13.5. The van der Waals surface area contributed by atoms with Gasteiger partial charge in [0.05, 0.1) is 0 Å². The van der Waals surface area contributed by atoms with Crippen LogP contribution in [0.5, 0.6) is 0 Å². The summed E-state index contributed by atoms with van der Waals surface area (Å²) in [5.41, 5.74) is -1.40. The zero-order valence-corrected chi connectivity index (χ0v) is 7.25. The van der Waals surface area contributed by atoms with Crippen LogP contribution in [0.1, 0.15) is 25.7 Å². The number of rotatable bonds is 3. The molecular weight excluding hydrogens is 186 g/mol. The number of alkyl halides is 4. The summed E-state index contributed by atoms with van der Waals surface area (Å²) in [6.07, 6.45) is -4.78. The van der Waals surface area contributed by atoms with E-state index in [0.29, 0.717) is 13.0 Å². The van der Waals surface area contributed by atoms with E-state index in [1.54, 1.807) is 0 Å². The minimum Gasteiger partial charge on any atom is -0.313 e. The highest BCUT2D eigenvalue weighted by atomic mass is 19.4.